The van der Waals surface area contributed by atoms with Gasteiger partial charge >= 0.3 is 5.97 Å². The smallest absolute Gasteiger partial charge is 0.332 e. The summed E-state index contributed by atoms with van der Waals surface area (Å²) in [7, 11) is 0. The summed E-state index contributed by atoms with van der Waals surface area (Å²) in [5.41, 5.74) is 2.07. The molecule has 2 aliphatic rings. The molecule has 0 atom stereocenters. The maximum Gasteiger partial charge on any atom is 0.332 e. The van der Waals surface area contributed by atoms with E-state index in [1.807, 2.05) is 24.3 Å². The van der Waals surface area contributed by atoms with Crippen LogP contribution in [0.5, 0.6) is 0 Å². The molecule has 2 heterocycles. The number of fused-ring (bicyclic) bond motifs is 2. The topological polar surface area (TPSA) is 54.4 Å². The molecule has 0 bridgehead atoms. The summed E-state index contributed by atoms with van der Waals surface area (Å²) in [5.74, 6) is 0.669. The van der Waals surface area contributed by atoms with Crippen molar-refractivity contribution in [3.05, 3.63) is 53.1 Å². The number of ether oxygens (including phenoxy) is 2. The van der Waals surface area contributed by atoms with Crippen LogP contribution in [0.3, 0.4) is 0 Å². The first-order valence-corrected chi connectivity index (χ1v) is 11.7. The largest absolute Gasteiger partial charge is 0.464 e. The Morgan fingerprint density at radius 3 is 2.74 bits per heavy atom. The van der Waals surface area contributed by atoms with Gasteiger partial charge in [0.15, 0.2) is 0 Å². The van der Waals surface area contributed by atoms with Crippen molar-refractivity contribution in [3.8, 4) is 0 Å². The third-order valence-electron chi connectivity index (χ3n) is 5.24. The summed E-state index contributed by atoms with van der Waals surface area (Å²) in [6, 6.07) is 14.3. The number of nitrogens with zero attached hydrogens (tertiary/aromatic N) is 3. The number of halogens is 1. The van der Waals surface area contributed by atoms with Crippen molar-refractivity contribution < 1.29 is 14.3 Å². The second kappa shape index (κ2) is 10.5. The molecular formula is C23H26ClN3O3S. The maximum atomic E-state index is 11.4. The number of para-hydroxylation sites is 1. The highest BCUT2D eigenvalue weighted by atomic mass is 35.5. The zero-order valence-corrected chi connectivity index (χ0v) is 19.1. The number of benzene rings is 2. The lowest BCUT2D eigenvalue weighted by Crippen LogP contribution is -2.49. The van der Waals surface area contributed by atoms with Crippen LogP contribution >= 0.6 is 23.4 Å². The lowest BCUT2D eigenvalue weighted by molar-refractivity contribution is -0.148. The van der Waals surface area contributed by atoms with Crippen LogP contribution in [-0.4, -0.2) is 74.1 Å². The normalized spacial score (nSPS) is 16.2. The molecular weight excluding hydrogens is 434 g/mol. The summed E-state index contributed by atoms with van der Waals surface area (Å²) in [6.07, 6.45) is 0. The third-order valence-corrected chi connectivity index (χ3v) is 6.62. The predicted molar refractivity (Wildman–Crippen MR) is 124 cm³/mol. The Labute approximate surface area is 192 Å². The van der Waals surface area contributed by atoms with Gasteiger partial charge < -0.3 is 14.4 Å². The van der Waals surface area contributed by atoms with Crippen LogP contribution in [-0.2, 0) is 14.3 Å². The van der Waals surface area contributed by atoms with Gasteiger partial charge in [-0.1, -0.05) is 35.5 Å². The minimum atomic E-state index is -0.311. The minimum Gasteiger partial charge on any atom is -0.464 e. The Morgan fingerprint density at radius 2 is 1.94 bits per heavy atom. The Bertz CT molecular complexity index is 961. The SMILES string of the molecule is CCOC(=O)COCCN1CCN(C2=Nc3ccccc3Sc3ccc(Cl)cc32)CC1. The molecule has 0 amide bonds. The molecule has 0 spiro atoms. The Hall–Kier alpha value is -2.06. The second-order valence-electron chi connectivity index (χ2n) is 7.33. The molecule has 0 aliphatic carbocycles. The summed E-state index contributed by atoms with van der Waals surface area (Å²) < 4.78 is 10.3. The number of carbonyl (C=O) groups is 1. The van der Waals surface area contributed by atoms with Crippen LogP contribution in [0, 0.1) is 0 Å². The molecule has 0 unspecified atom stereocenters. The number of hydrogen-bond donors (Lipinski definition) is 0. The van der Waals surface area contributed by atoms with Crippen LogP contribution in [0.25, 0.3) is 0 Å². The van der Waals surface area contributed by atoms with Gasteiger partial charge in [-0.25, -0.2) is 9.79 Å². The zero-order valence-electron chi connectivity index (χ0n) is 17.6. The van der Waals surface area contributed by atoms with Gasteiger partial charge in [-0.05, 0) is 37.3 Å². The molecule has 164 valence electrons. The molecule has 0 N–H and O–H groups in total. The molecule has 1 saturated heterocycles. The van der Waals surface area contributed by atoms with E-state index in [4.69, 9.17) is 26.1 Å². The number of amidine groups is 1. The van der Waals surface area contributed by atoms with Crippen molar-refractivity contribution in [1.29, 1.82) is 0 Å². The van der Waals surface area contributed by atoms with Crippen LogP contribution < -0.4 is 0 Å². The van der Waals surface area contributed by atoms with Gasteiger partial charge in [-0.2, -0.15) is 0 Å². The molecule has 2 aromatic carbocycles. The standard InChI is InChI=1S/C23H26ClN3O3S/c1-2-30-22(28)16-29-14-13-26-9-11-27(12-10-26)23-18-15-17(24)7-8-20(18)31-21-6-4-3-5-19(21)25-23/h3-8,15H,2,9-14,16H2,1H3. The first kappa shape index (κ1) is 22.1. The summed E-state index contributed by atoms with van der Waals surface area (Å²) in [6.45, 7) is 7.05. The van der Waals surface area contributed by atoms with Gasteiger partial charge in [0.25, 0.3) is 0 Å². The van der Waals surface area contributed by atoms with E-state index < -0.39 is 0 Å². The number of rotatable bonds is 6. The van der Waals surface area contributed by atoms with E-state index in [-0.39, 0.29) is 12.6 Å². The third kappa shape index (κ3) is 5.60. The van der Waals surface area contributed by atoms with E-state index >= 15 is 0 Å². The Balaban J connectivity index is 1.41. The lowest BCUT2D eigenvalue weighted by Gasteiger charge is -2.36. The lowest BCUT2D eigenvalue weighted by atomic mass is 10.1. The van der Waals surface area contributed by atoms with Crippen molar-refractivity contribution >= 4 is 40.9 Å². The molecule has 0 saturated carbocycles. The van der Waals surface area contributed by atoms with Gasteiger partial charge in [0.2, 0.25) is 0 Å². The van der Waals surface area contributed by atoms with Crippen molar-refractivity contribution in [2.75, 3.05) is 52.5 Å². The highest BCUT2D eigenvalue weighted by Gasteiger charge is 2.25. The van der Waals surface area contributed by atoms with Gasteiger partial charge in [-0.15, -0.1) is 0 Å². The summed E-state index contributed by atoms with van der Waals surface area (Å²) >= 11 is 8.08. The molecule has 4 rings (SSSR count). The van der Waals surface area contributed by atoms with Crippen molar-refractivity contribution in [2.45, 2.75) is 16.7 Å². The second-order valence-corrected chi connectivity index (χ2v) is 8.85. The number of aliphatic imine (C=N–C) groups is 1. The van der Waals surface area contributed by atoms with E-state index in [1.165, 1.54) is 4.90 Å². The first-order chi connectivity index (χ1) is 15.1. The fraction of sp³-hybridized carbons (Fsp3) is 0.391. The Morgan fingerprint density at radius 1 is 1.13 bits per heavy atom. The van der Waals surface area contributed by atoms with Crippen LogP contribution in [0.2, 0.25) is 5.02 Å². The van der Waals surface area contributed by atoms with Gasteiger partial charge in [0.1, 0.15) is 12.4 Å². The molecule has 0 aromatic heterocycles. The van der Waals surface area contributed by atoms with Crippen molar-refractivity contribution in [1.82, 2.24) is 9.80 Å². The fourth-order valence-electron chi connectivity index (χ4n) is 3.67. The number of esters is 1. The molecule has 2 aliphatic heterocycles. The van der Waals surface area contributed by atoms with E-state index in [2.05, 4.69) is 28.0 Å². The van der Waals surface area contributed by atoms with E-state index in [1.54, 1.807) is 18.7 Å². The zero-order chi connectivity index (χ0) is 21.6. The number of hydrogen-bond acceptors (Lipinski definition) is 7. The fourth-order valence-corrected chi connectivity index (χ4v) is 4.84. The maximum absolute atomic E-state index is 11.4. The first-order valence-electron chi connectivity index (χ1n) is 10.5. The van der Waals surface area contributed by atoms with Gasteiger partial charge in [-0.3, -0.25) is 4.90 Å². The van der Waals surface area contributed by atoms with E-state index in [0.717, 1.165) is 59.7 Å². The molecule has 0 radical (unpaired) electrons. The molecule has 6 nitrogen and oxygen atoms in total. The average Bonchev–Trinajstić information content (AvgIpc) is 2.94. The predicted octanol–water partition coefficient (Wildman–Crippen LogP) is 4.08. The highest BCUT2D eigenvalue weighted by molar-refractivity contribution is 7.99. The van der Waals surface area contributed by atoms with Crippen molar-refractivity contribution in [2.24, 2.45) is 4.99 Å². The number of piperazine rings is 1. The number of carbonyl (C=O) groups excluding carboxylic acids is 1. The highest BCUT2D eigenvalue weighted by Crippen LogP contribution is 2.41. The quantitative estimate of drug-likeness (QED) is 0.479. The van der Waals surface area contributed by atoms with Gasteiger partial charge in [0.05, 0.1) is 18.9 Å². The van der Waals surface area contributed by atoms with Crippen LogP contribution in [0.1, 0.15) is 12.5 Å². The van der Waals surface area contributed by atoms with E-state index in [9.17, 15) is 4.79 Å². The van der Waals surface area contributed by atoms with Gasteiger partial charge in [0, 0.05) is 53.1 Å². The molecule has 1 fully saturated rings. The van der Waals surface area contributed by atoms with Crippen molar-refractivity contribution in [3.63, 3.8) is 0 Å². The van der Waals surface area contributed by atoms with Crippen LogP contribution in [0.4, 0.5) is 5.69 Å². The summed E-state index contributed by atoms with van der Waals surface area (Å²) in [4.78, 5) is 23.4. The monoisotopic (exact) mass is 459 g/mol. The summed E-state index contributed by atoms with van der Waals surface area (Å²) in [5, 5.41) is 0.718. The average molecular weight is 460 g/mol. The van der Waals surface area contributed by atoms with E-state index in [0.29, 0.717) is 13.2 Å². The molecule has 31 heavy (non-hydrogen) atoms. The molecule has 2 aromatic rings. The Kier molecular flexibility index (Phi) is 7.50. The molecule has 8 heteroatoms. The minimum absolute atomic E-state index is 0.0131. The van der Waals surface area contributed by atoms with Crippen LogP contribution in [0.15, 0.2) is 57.2 Å².